The molecule has 1 amide bonds. The smallest absolute Gasteiger partial charge is 0.213 e. The van der Waals surface area contributed by atoms with Gasteiger partial charge in [-0.2, -0.15) is 0 Å². The van der Waals surface area contributed by atoms with E-state index in [1.165, 1.54) is 4.90 Å². The number of carbonyl (C=O) groups is 2. The molecule has 0 saturated carbocycles. The second-order valence-electron chi connectivity index (χ2n) is 3.50. The van der Waals surface area contributed by atoms with Crippen molar-refractivity contribution < 1.29 is 9.59 Å². The summed E-state index contributed by atoms with van der Waals surface area (Å²) in [5, 5.41) is 0. The monoisotopic (exact) mass is 283 g/mol. The van der Waals surface area contributed by atoms with Gasteiger partial charge in [0.2, 0.25) is 6.41 Å². The Morgan fingerprint density at radius 3 is 2.44 bits per heavy atom. The Bertz CT molecular complexity index is 375. The van der Waals surface area contributed by atoms with Gasteiger partial charge in [0.05, 0.1) is 4.83 Å². The minimum atomic E-state index is -0.137. The fraction of sp³-hybridized carbons (Fsp3) is 0.333. The molecular formula is C12H14BrNO2. The lowest BCUT2D eigenvalue weighted by Crippen LogP contribution is -2.15. The summed E-state index contributed by atoms with van der Waals surface area (Å²) in [6.45, 7) is 1.95. The number of nitrogens with zero attached hydrogens (tertiary/aromatic N) is 1. The minimum Gasteiger partial charge on any atom is -0.318 e. The van der Waals surface area contributed by atoms with Crippen LogP contribution in [-0.4, -0.2) is 24.1 Å². The Morgan fingerprint density at radius 1 is 1.44 bits per heavy atom. The summed E-state index contributed by atoms with van der Waals surface area (Å²) >= 11 is 3.32. The Balaban J connectivity index is 2.86. The number of ketones is 1. The third-order valence-electron chi connectivity index (χ3n) is 2.36. The molecule has 0 heterocycles. The summed E-state index contributed by atoms with van der Waals surface area (Å²) in [7, 11) is 1.67. The summed E-state index contributed by atoms with van der Waals surface area (Å²) in [5.41, 5.74) is 1.43. The standard InChI is InChI=1S/C12H14BrNO2/c1-3-11(13)12(16)9-4-6-10(7-5-9)14(2)8-15/h4-8,11H,3H2,1-2H3. The first kappa shape index (κ1) is 12.9. The second kappa shape index (κ2) is 5.80. The first-order valence-corrected chi connectivity index (χ1v) is 5.98. The molecule has 0 radical (unpaired) electrons. The van der Waals surface area contributed by atoms with Crippen LogP contribution in [0.1, 0.15) is 23.7 Å². The highest BCUT2D eigenvalue weighted by molar-refractivity contribution is 9.10. The number of anilines is 1. The van der Waals surface area contributed by atoms with Gasteiger partial charge in [0.15, 0.2) is 5.78 Å². The molecular weight excluding hydrogens is 270 g/mol. The van der Waals surface area contributed by atoms with Crippen LogP contribution in [0.25, 0.3) is 0 Å². The number of carbonyl (C=O) groups excluding carboxylic acids is 2. The summed E-state index contributed by atoms with van der Waals surface area (Å²) in [6.07, 6.45) is 1.49. The van der Waals surface area contributed by atoms with Crippen LogP contribution in [0.2, 0.25) is 0 Å². The van der Waals surface area contributed by atoms with E-state index in [9.17, 15) is 9.59 Å². The molecule has 0 aliphatic heterocycles. The van der Waals surface area contributed by atoms with E-state index in [4.69, 9.17) is 0 Å². The van der Waals surface area contributed by atoms with E-state index < -0.39 is 0 Å². The van der Waals surface area contributed by atoms with Crippen LogP contribution < -0.4 is 4.90 Å². The zero-order chi connectivity index (χ0) is 12.1. The van der Waals surface area contributed by atoms with Gasteiger partial charge in [0.1, 0.15) is 0 Å². The maximum absolute atomic E-state index is 11.8. The second-order valence-corrected chi connectivity index (χ2v) is 4.61. The topological polar surface area (TPSA) is 37.4 Å². The number of rotatable bonds is 5. The predicted molar refractivity (Wildman–Crippen MR) is 68.2 cm³/mol. The van der Waals surface area contributed by atoms with Gasteiger partial charge >= 0.3 is 0 Å². The molecule has 4 heteroatoms. The third-order valence-corrected chi connectivity index (χ3v) is 3.42. The van der Waals surface area contributed by atoms with Crippen LogP contribution in [-0.2, 0) is 4.79 Å². The van der Waals surface area contributed by atoms with E-state index in [2.05, 4.69) is 15.9 Å². The summed E-state index contributed by atoms with van der Waals surface area (Å²) in [6, 6.07) is 7.00. The van der Waals surface area contributed by atoms with Crippen molar-refractivity contribution in [2.24, 2.45) is 0 Å². The number of alkyl halides is 1. The zero-order valence-corrected chi connectivity index (χ0v) is 10.9. The van der Waals surface area contributed by atoms with Crippen molar-refractivity contribution in [2.75, 3.05) is 11.9 Å². The largest absolute Gasteiger partial charge is 0.318 e. The van der Waals surface area contributed by atoms with Gasteiger partial charge in [0.25, 0.3) is 0 Å². The van der Waals surface area contributed by atoms with Crippen LogP contribution in [0.5, 0.6) is 0 Å². The average Bonchev–Trinajstić information content (AvgIpc) is 2.36. The highest BCUT2D eigenvalue weighted by Crippen LogP contribution is 2.17. The van der Waals surface area contributed by atoms with Gasteiger partial charge in [0, 0.05) is 18.3 Å². The van der Waals surface area contributed by atoms with Crippen LogP contribution in [0.15, 0.2) is 24.3 Å². The molecule has 16 heavy (non-hydrogen) atoms. The number of halogens is 1. The van der Waals surface area contributed by atoms with Gasteiger partial charge in [-0.25, -0.2) is 0 Å². The molecule has 1 aromatic carbocycles. The van der Waals surface area contributed by atoms with E-state index in [-0.39, 0.29) is 10.6 Å². The van der Waals surface area contributed by atoms with Gasteiger partial charge in [-0.15, -0.1) is 0 Å². The number of hydrogen-bond donors (Lipinski definition) is 0. The Hall–Kier alpha value is -1.16. The van der Waals surface area contributed by atoms with E-state index in [0.29, 0.717) is 5.56 Å². The van der Waals surface area contributed by atoms with Crippen LogP contribution in [0.4, 0.5) is 5.69 Å². The zero-order valence-electron chi connectivity index (χ0n) is 9.31. The normalized spacial score (nSPS) is 11.9. The van der Waals surface area contributed by atoms with Gasteiger partial charge in [-0.05, 0) is 30.7 Å². The molecule has 1 aromatic rings. The fourth-order valence-corrected chi connectivity index (χ4v) is 1.55. The molecule has 86 valence electrons. The van der Waals surface area contributed by atoms with Crippen molar-refractivity contribution in [1.82, 2.24) is 0 Å². The quantitative estimate of drug-likeness (QED) is 0.473. The van der Waals surface area contributed by atoms with Gasteiger partial charge in [-0.3, -0.25) is 9.59 Å². The average molecular weight is 284 g/mol. The summed E-state index contributed by atoms with van der Waals surface area (Å²) < 4.78 is 0. The van der Waals surface area contributed by atoms with Crippen LogP contribution >= 0.6 is 15.9 Å². The molecule has 1 rings (SSSR count). The molecule has 0 saturated heterocycles. The van der Waals surface area contributed by atoms with E-state index in [0.717, 1.165) is 18.5 Å². The summed E-state index contributed by atoms with van der Waals surface area (Å²) in [5.74, 6) is 0.0720. The molecule has 1 atom stereocenters. The van der Waals surface area contributed by atoms with Gasteiger partial charge in [-0.1, -0.05) is 22.9 Å². The van der Waals surface area contributed by atoms with Crippen LogP contribution in [0.3, 0.4) is 0 Å². The van der Waals surface area contributed by atoms with Crippen molar-refractivity contribution in [3.05, 3.63) is 29.8 Å². The number of amides is 1. The van der Waals surface area contributed by atoms with Crippen molar-refractivity contribution in [3.8, 4) is 0 Å². The lowest BCUT2D eigenvalue weighted by Gasteiger charge is -2.11. The Kier molecular flexibility index (Phi) is 4.68. The van der Waals surface area contributed by atoms with Crippen LogP contribution in [0, 0.1) is 0 Å². The van der Waals surface area contributed by atoms with Crippen molar-refractivity contribution in [1.29, 1.82) is 0 Å². The molecule has 0 N–H and O–H groups in total. The molecule has 0 aliphatic carbocycles. The highest BCUT2D eigenvalue weighted by Gasteiger charge is 2.14. The first-order chi connectivity index (χ1) is 7.60. The maximum atomic E-state index is 11.8. The molecule has 0 bridgehead atoms. The van der Waals surface area contributed by atoms with E-state index >= 15 is 0 Å². The first-order valence-electron chi connectivity index (χ1n) is 5.06. The molecule has 0 fully saturated rings. The minimum absolute atomic E-state index is 0.0720. The van der Waals surface area contributed by atoms with E-state index in [1.807, 2.05) is 6.92 Å². The van der Waals surface area contributed by atoms with Crippen molar-refractivity contribution in [2.45, 2.75) is 18.2 Å². The molecule has 0 aliphatic rings. The molecule has 3 nitrogen and oxygen atoms in total. The summed E-state index contributed by atoms with van der Waals surface area (Å²) in [4.78, 5) is 23.6. The van der Waals surface area contributed by atoms with E-state index in [1.54, 1.807) is 31.3 Å². The predicted octanol–water partition coefficient (Wildman–Crippen LogP) is 2.64. The lowest BCUT2D eigenvalue weighted by atomic mass is 10.1. The number of Topliss-reactive ketones (excluding diaryl/α,β-unsaturated/α-hetero) is 1. The third kappa shape index (κ3) is 2.92. The van der Waals surface area contributed by atoms with Gasteiger partial charge < -0.3 is 4.90 Å². The SMILES string of the molecule is CCC(Br)C(=O)c1ccc(N(C)C=O)cc1. The molecule has 0 aromatic heterocycles. The Labute approximate surface area is 104 Å². The lowest BCUT2D eigenvalue weighted by molar-refractivity contribution is -0.107. The maximum Gasteiger partial charge on any atom is 0.213 e. The molecule has 1 unspecified atom stereocenters. The molecule has 0 spiro atoms. The van der Waals surface area contributed by atoms with Crippen molar-refractivity contribution in [3.63, 3.8) is 0 Å². The number of hydrogen-bond acceptors (Lipinski definition) is 2. The fourth-order valence-electron chi connectivity index (χ4n) is 1.29. The highest BCUT2D eigenvalue weighted by atomic mass is 79.9. The van der Waals surface area contributed by atoms with Crippen molar-refractivity contribution >= 4 is 33.8 Å². The Morgan fingerprint density at radius 2 is 2.00 bits per heavy atom. The number of benzene rings is 1.